The van der Waals surface area contributed by atoms with Crippen molar-refractivity contribution in [2.24, 2.45) is 5.92 Å². The van der Waals surface area contributed by atoms with Crippen molar-refractivity contribution in [1.82, 2.24) is 4.90 Å². The second-order valence-electron chi connectivity index (χ2n) is 7.45. The molecule has 6 nitrogen and oxygen atoms in total. The van der Waals surface area contributed by atoms with Crippen LogP contribution in [0.4, 0.5) is 4.39 Å². The third-order valence-corrected chi connectivity index (χ3v) is 5.09. The van der Waals surface area contributed by atoms with Crippen LogP contribution >= 0.6 is 0 Å². The summed E-state index contributed by atoms with van der Waals surface area (Å²) < 4.78 is 24.5. The molecule has 148 valence electrons. The summed E-state index contributed by atoms with van der Waals surface area (Å²) in [5.41, 5.74) is 0.554. The van der Waals surface area contributed by atoms with E-state index in [1.807, 2.05) is 0 Å². The zero-order valence-electron chi connectivity index (χ0n) is 16.2. The van der Waals surface area contributed by atoms with E-state index in [4.69, 9.17) is 9.15 Å². The van der Waals surface area contributed by atoms with Crippen LogP contribution < -0.4 is 0 Å². The Morgan fingerprint density at radius 2 is 1.93 bits per heavy atom. The highest BCUT2D eigenvalue weighted by atomic mass is 19.1. The van der Waals surface area contributed by atoms with Crippen molar-refractivity contribution in [2.45, 2.75) is 25.9 Å². The number of hydrogen-bond acceptors (Lipinski definition) is 5. The summed E-state index contributed by atoms with van der Waals surface area (Å²) in [6.07, 6.45) is 0.315. The number of furan rings is 1. The normalized spacial score (nSPS) is 17.5. The lowest BCUT2D eigenvalue weighted by molar-refractivity contribution is -0.139. The SMILES string of the molecule is COC(C)(C)c1cc(Cc2ccc(F)cc2)c(C(=O)C2CN(C)C(=O)C2=O)o1. The van der Waals surface area contributed by atoms with Crippen molar-refractivity contribution >= 4 is 17.5 Å². The highest BCUT2D eigenvalue weighted by molar-refractivity contribution is 6.43. The third-order valence-electron chi connectivity index (χ3n) is 5.09. The van der Waals surface area contributed by atoms with E-state index in [-0.39, 0.29) is 18.1 Å². The minimum atomic E-state index is -1.09. The Kier molecular flexibility index (Phi) is 5.21. The van der Waals surface area contributed by atoms with Crippen molar-refractivity contribution in [3.63, 3.8) is 0 Å². The lowest BCUT2D eigenvalue weighted by atomic mass is 9.95. The van der Waals surface area contributed by atoms with Gasteiger partial charge in [-0.05, 0) is 37.6 Å². The molecule has 1 aliphatic heterocycles. The van der Waals surface area contributed by atoms with E-state index < -0.39 is 29.0 Å². The highest BCUT2D eigenvalue weighted by Crippen LogP contribution is 2.32. The number of hydrogen-bond donors (Lipinski definition) is 0. The zero-order valence-corrected chi connectivity index (χ0v) is 16.2. The van der Waals surface area contributed by atoms with Crippen LogP contribution in [0.15, 0.2) is 34.7 Å². The number of ether oxygens (including phenoxy) is 1. The Morgan fingerprint density at radius 3 is 2.46 bits per heavy atom. The van der Waals surface area contributed by atoms with Crippen LogP contribution in [0.2, 0.25) is 0 Å². The maximum atomic E-state index is 13.2. The predicted molar refractivity (Wildman–Crippen MR) is 98.4 cm³/mol. The van der Waals surface area contributed by atoms with Crippen LogP contribution in [-0.2, 0) is 26.3 Å². The first-order chi connectivity index (χ1) is 13.1. The molecule has 7 heteroatoms. The number of halogens is 1. The first-order valence-electron chi connectivity index (χ1n) is 8.90. The monoisotopic (exact) mass is 387 g/mol. The molecule has 1 aromatic carbocycles. The first kappa shape index (κ1) is 19.9. The number of ketones is 2. The van der Waals surface area contributed by atoms with Crippen molar-refractivity contribution in [1.29, 1.82) is 0 Å². The molecular weight excluding hydrogens is 365 g/mol. The van der Waals surface area contributed by atoms with Crippen molar-refractivity contribution in [2.75, 3.05) is 20.7 Å². The van der Waals surface area contributed by atoms with E-state index in [1.54, 1.807) is 32.0 Å². The number of methoxy groups -OCH3 is 1. The molecule has 3 rings (SSSR count). The van der Waals surface area contributed by atoms with Gasteiger partial charge < -0.3 is 14.1 Å². The van der Waals surface area contributed by atoms with Gasteiger partial charge in [0.25, 0.3) is 5.91 Å². The van der Waals surface area contributed by atoms with Gasteiger partial charge in [0.05, 0.1) is 0 Å². The molecular formula is C21H22FNO5. The van der Waals surface area contributed by atoms with Gasteiger partial charge in [-0.2, -0.15) is 0 Å². The number of carbonyl (C=O) groups is 3. The molecule has 1 saturated heterocycles. The second-order valence-corrected chi connectivity index (χ2v) is 7.45. The Bertz CT molecular complexity index is 929. The second kappa shape index (κ2) is 7.31. The predicted octanol–water partition coefficient (Wildman–Crippen LogP) is 2.73. The van der Waals surface area contributed by atoms with Crippen LogP contribution in [0.3, 0.4) is 0 Å². The van der Waals surface area contributed by atoms with Gasteiger partial charge in [-0.1, -0.05) is 12.1 Å². The minimum absolute atomic E-state index is 0.0240. The number of carbonyl (C=O) groups excluding carboxylic acids is 3. The van der Waals surface area contributed by atoms with Crippen molar-refractivity contribution in [3.8, 4) is 0 Å². The Balaban J connectivity index is 2.00. The summed E-state index contributed by atoms with van der Waals surface area (Å²) in [5.74, 6) is -2.92. The summed E-state index contributed by atoms with van der Waals surface area (Å²) in [4.78, 5) is 38.3. The summed E-state index contributed by atoms with van der Waals surface area (Å²) in [7, 11) is 3.01. The molecule has 1 atom stereocenters. The lowest BCUT2D eigenvalue weighted by Crippen LogP contribution is -2.24. The van der Waals surface area contributed by atoms with E-state index in [2.05, 4.69) is 0 Å². The fraction of sp³-hybridized carbons (Fsp3) is 0.381. The van der Waals surface area contributed by atoms with Gasteiger partial charge in [0.2, 0.25) is 11.6 Å². The van der Waals surface area contributed by atoms with Crippen molar-refractivity contribution in [3.05, 3.63) is 58.8 Å². The number of nitrogens with zero attached hydrogens (tertiary/aromatic N) is 1. The van der Waals surface area contributed by atoms with E-state index >= 15 is 0 Å². The topological polar surface area (TPSA) is 76.8 Å². The maximum Gasteiger partial charge on any atom is 0.290 e. The van der Waals surface area contributed by atoms with Crippen LogP contribution in [0, 0.1) is 11.7 Å². The summed E-state index contributed by atoms with van der Waals surface area (Å²) in [6.45, 7) is 3.61. The summed E-state index contributed by atoms with van der Waals surface area (Å²) in [5, 5.41) is 0. The van der Waals surface area contributed by atoms with E-state index in [0.29, 0.717) is 17.7 Å². The van der Waals surface area contributed by atoms with Gasteiger partial charge >= 0.3 is 0 Å². The maximum absolute atomic E-state index is 13.2. The molecule has 1 aliphatic rings. The fourth-order valence-corrected chi connectivity index (χ4v) is 3.13. The number of likely N-dealkylation sites (N-methyl/N-ethyl adjacent to an activating group) is 1. The molecule has 0 saturated carbocycles. The number of rotatable bonds is 6. The quantitative estimate of drug-likeness (QED) is 0.433. The number of amides is 1. The van der Waals surface area contributed by atoms with Gasteiger partial charge in [-0.15, -0.1) is 0 Å². The van der Waals surface area contributed by atoms with Gasteiger partial charge in [-0.25, -0.2) is 4.39 Å². The molecule has 1 unspecified atom stereocenters. The fourth-order valence-electron chi connectivity index (χ4n) is 3.13. The number of Topliss-reactive ketones (excluding diaryl/α,β-unsaturated/α-hetero) is 2. The molecule has 2 heterocycles. The molecule has 0 radical (unpaired) electrons. The average molecular weight is 387 g/mol. The Morgan fingerprint density at radius 1 is 1.29 bits per heavy atom. The molecule has 1 fully saturated rings. The average Bonchev–Trinajstić information content (AvgIpc) is 3.20. The minimum Gasteiger partial charge on any atom is -0.455 e. The molecule has 1 aromatic heterocycles. The first-order valence-corrected chi connectivity index (χ1v) is 8.90. The number of benzene rings is 1. The molecule has 0 bridgehead atoms. The third kappa shape index (κ3) is 3.62. The van der Waals surface area contributed by atoms with E-state index in [1.165, 1.54) is 31.2 Å². The smallest absolute Gasteiger partial charge is 0.290 e. The molecule has 2 aromatic rings. The van der Waals surface area contributed by atoms with Gasteiger partial charge in [0, 0.05) is 32.7 Å². The lowest BCUT2D eigenvalue weighted by Gasteiger charge is -2.19. The zero-order chi connectivity index (χ0) is 20.6. The summed E-state index contributed by atoms with van der Waals surface area (Å²) in [6, 6.07) is 7.63. The van der Waals surface area contributed by atoms with Crippen LogP contribution in [0.25, 0.3) is 0 Å². The molecule has 1 amide bonds. The Hall–Kier alpha value is -2.80. The van der Waals surface area contributed by atoms with Crippen LogP contribution in [0.1, 0.15) is 41.3 Å². The van der Waals surface area contributed by atoms with Gasteiger partial charge in [0.1, 0.15) is 23.1 Å². The molecule has 0 aliphatic carbocycles. The molecule has 28 heavy (non-hydrogen) atoms. The number of likely N-dealkylation sites (tertiary alicyclic amines) is 1. The van der Waals surface area contributed by atoms with E-state index in [9.17, 15) is 18.8 Å². The Labute approximate surface area is 162 Å². The van der Waals surface area contributed by atoms with Gasteiger partial charge in [-0.3, -0.25) is 14.4 Å². The van der Waals surface area contributed by atoms with Gasteiger partial charge in [0.15, 0.2) is 5.76 Å². The standard InChI is InChI=1S/C21H22FNO5/c1-21(2,27-4)16-10-13(9-12-5-7-14(22)8-6-12)19(28-16)17(24)15-11-23(3)20(26)18(15)25/h5-8,10,15H,9,11H2,1-4H3. The largest absolute Gasteiger partial charge is 0.455 e. The van der Waals surface area contributed by atoms with Crippen LogP contribution in [0.5, 0.6) is 0 Å². The van der Waals surface area contributed by atoms with Crippen molar-refractivity contribution < 1.29 is 27.9 Å². The highest BCUT2D eigenvalue weighted by Gasteiger charge is 2.43. The summed E-state index contributed by atoms with van der Waals surface area (Å²) >= 11 is 0. The van der Waals surface area contributed by atoms with Crippen LogP contribution in [-0.4, -0.2) is 43.1 Å². The molecule has 0 N–H and O–H groups in total. The van der Waals surface area contributed by atoms with E-state index in [0.717, 1.165) is 5.56 Å². The molecule has 0 spiro atoms.